The van der Waals surface area contributed by atoms with E-state index in [0.29, 0.717) is 37.6 Å². The summed E-state index contributed by atoms with van der Waals surface area (Å²) < 4.78 is 5.23. The van der Waals surface area contributed by atoms with Crippen LogP contribution in [0.25, 0.3) is 0 Å². The molecule has 3 amide bonds. The lowest BCUT2D eigenvalue weighted by Gasteiger charge is -2.32. The zero-order valence-electron chi connectivity index (χ0n) is 13.4. The van der Waals surface area contributed by atoms with Crippen molar-refractivity contribution in [3.05, 3.63) is 24.3 Å². The van der Waals surface area contributed by atoms with E-state index >= 15 is 0 Å². The predicted molar refractivity (Wildman–Crippen MR) is 88.4 cm³/mol. The number of hydrogen-bond donors (Lipinski definition) is 3. The van der Waals surface area contributed by atoms with E-state index in [1.165, 1.54) is 0 Å². The van der Waals surface area contributed by atoms with Crippen LogP contribution in [0.15, 0.2) is 24.3 Å². The van der Waals surface area contributed by atoms with Crippen molar-refractivity contribution in [2.45, 2.75) is 12.8 Å². The molecule has 4 N–H and O–H groups in total. The molecule has 1 atom stereocenters. The Hall–Kier alpha value is -2.28. The molecule has 7 nitrogen and oxygen atoms in total. The van der Waals surface area contributed by atoms with E-state index < -0.39 is 0 Å². The lowest BCUT2D eigenvalue weighted by Crippen LogP contribution is -2.47. The summed E-state index contributed by atoms with van der Waals surface area (Å²) in [5, 5.41) is 5.63. The fraction of sp³-hybridized carbons (Fsp3) is 0.500. The molecule has 0 bridgehead atoms. The lowest BCUT2D eigenvalue weighted by atomic mass is 9.97. The minimum Gasteiger partial charge on any atom is -0.495 e. The van der Waals surface area contributed by atoms with E-state index in [-0.39, 0.29) is 17.9 Å². The Labute approximate surface area is 136 Å². The van der Waals surface area contributed by atoms with E-state index in [0.717, 1.165) is 12.8 Å². The number of para-hydroxylation sites is 2. The number of anilines is 1. The van der Waals surface area contributed by atoms with Crippen LogP contribution >= 0.6 is 0 Å². The van der Waals surface area contributed by atoms with E-state index in [9.17, 15) is 9.59 Å². The average Bonchev–Trinajstić information content (AvgIpc) is 2.60. The molecule has 0 aliphatic carbocycles. The first-order valence-corrected chi connectivity index (χ1v) is 7.82. The molecule has 23 heavy (non-hydrogen) atoms. The minimum absolute atomic E-state index is 0.0368. The molecule has 0 saturated carbocycles. The summed E-state index contributed by atoms with van der Waals surface area (Å²) in [6.07, 6.45) is 1.59. The van der Waals surface area contributed by atoms with E-state index in [1.807, 2.05) is 12.1 Å². The number of hydrogen-bond acceptors (Lipinski definition) is 4. The number of nitrogens with one attached hydrogen (secondary N) is 2. The SMILES string of the molecule is COc1ccccc1NC(=O)N1CCCC(C(=O)NCCN)C1. The van der Waals surface area contributed by atoms with E-state index in [1.54, 1.807) is 24.1 Å². The molecule has 2 rings (SSSR count). The minimum atomic E-state index is -0.217. The molecule has 1 aromatic carbocycles. The van der Waals surface area contributed by atoms with Crippen molar-refractivity contribution in [1.29, 1.82) is 0 Å². The third-order valence-electron chi connectivity index (χ3n) is 3.87. The van der Waals surface area contributed by atoms with Crippen LogP contribution in [-0.2, 0) is 4.79 Å². The highest BCUT2D eigenvalue weighted by Gasteiger charge is 2.28. The molecule has 1 aliphatic heterocycles. The van der Waals surface area contributed by atoms with Gasteiger partial charge in [0.1, 0.15) is 5.75 Å². The topological polar surface area (TPSA) is 96.7 Å². The number of carbonyl (C=O) groups is 2. The van der Waals surface area contributed by atoms with Crippen LogP contribution in [0.5, 0.6) is 5.75 Å². The van der Waals surface area contributed by atoms with Gasteiger partial charge < -0.3 is 26.0 Å². The third-order valence-corrected chi connectivity index (χ3v) is 3.87. The van der Waals surface area contributed by atoms with Crippen molar-refractivity contribution >= 4 is 17.6 Å². The number of ether oxygens (including phenoxy) is 1. The second kappa shape index (κ2) is 8.38. The number of rotatable bonds is 5. The van der Waals surface area contributed by atoms with Crippen LogP contribution in [0, 0.1) is 5.92 Å². The van der Waals surface area contributed by atoms with Gasteiger partial charge in [-0.2, -0.15) is 0 Å². The number of amides is 3. The Bertz CT molecular complexity index is 550. The van der Waals surface area contributed by atoms with Gasteiger partial charge in [-0.1, -0.05) is 12.1 Å². The number of piperidine rings is 1. The molecular weight excluding hydrogens is 296 g/mol. The van der Waals surface area contributed by atoms with Crippen molar-refractivity contribution in [3.8, 4) is 5.75 Å². The third kappa shape index (κ3) is 4.59. The number of likely N-dealkylation sites (tertiary alicyclic amines) is 1. The second-order valence-corrected chi connectivity index (χ2v) is 5.50. The number of nitrogens with zero attached hydrogens (tertiary/aromatic N) is 1. The average molecular weight is 320 g/mol. The molecule has 0 radical (unpaired) electrons. The Morgan fingerprint density at radius 1 is 1.39 bits per heavy atom. The fourth-order valence-electron chi connectivity index (χ4n) is 2.66. The standard InChI is InChI=1S/C16H24N4O3/c1-23-14-7-3-2-6-13(14)19-16(22)20-10-4-5-12(11-20)15(21)18-9-8-17/h2-3,6-7,12H,4-5,8-11,17H2,1H3,(H,18,21)(H,19,22). The second-order valence-electron chi connectivity index (χ2n) is 5.50. The van der Waals surface area contributed by atoms with Crippen LogP contribution in [0.1, 0.15) is 12.8 Å². The van der Waals surface area contributed by atoms with Crippen LogP contribution < -0.4 is 21.1 Å². The zero-order valence-corrected chi connectivity index (χ0v) is 13.4. The summed E-state index contributed by atoms with van der Waals surface area (Å²) in [6, 6.07) is 7.02. The maximum Gasteiger partial charge on any atom is 0.321 e. The highest BCUT2D eigenvalue weighted by molar-refractivity contribution is 5.91. The molecule has 0 spiro atoms. The van der Waals surface area contributed by atoms with Gasteiger partial charge in [0, 0.05) is 26.2 Å². The summed E-state index contributed by atoms with van der Waals surface area (Å²) in [7, 11) is 1.56. The van der Waals surface area contributed by atoms with Gasteiger partial charge in [-0.05, 0) is 25.0 Å². The molecular formula is C16H24N4O3. The Morgan fingerprint density at radius 3 is 2.91 bits per heavy atom. The summed E-state index contributed by atoms with van der Waals surface area (Å²) >= 11 is 0. The zero-order chi connectivity index (χ0) is 16.7. The van der Waals surface area contributed by atoms with Crippen LogP contribution in [0.2, 0.25) is 0 Å². The summed E-state index contributed by atoms with van der Waals surface area (Å²) in [5.41, 5.74) is 6.01. The van der Waals surface area contributed by atoms with E-state index in [4.69, 9.17) is 10.5 Å². The predicted octanol–water partition coefficient (Wildman–Crippen LogP) is 1.01. The van der Waals surface area contributed by atoms with Crippen molar-refractivity contribution in [2.75, 3.05) is 38.6 Å². The Balaban J connectivity index is 1.95. The first-order chi connectivity index (χ1) is 11.2. The van der Waals surface area contributed by atoms with Gasteiger partial charge in [-0.25, -0.2) is 4.79 Å². The van der Waals surface area contributed by atoms with Crippen molar-refractivity contribution in [3.63, 3.8) is 0 Å². The number of nitrogens with two attached hydrogens (primary N) is 1. The molecule has 126 valence electrons. The van der Waals surface area contributed by atoms with Crippen LogP contribution in [0.4, 0.5) is 10.5 Å². The van der Waals surface area contributed by atoms with Crippen molar-refractivity contribution in [1.82, 2.24) is 10.2 Å². The van der Waals surface area contributed by atoms with Gasteiger partial charge in [-0.15, -0.1) is 0 Å². The van der Waals surface area contributed by atoms with Gasteiger partial charge in [0.2, 0.25) is 5.91 Å². The summed E-state index contributed by atoms with van der Waals surface area (Å²) in [4.78, 5) is 26.1. The monoisotopic (exact) mass is 320 g/mol. The van der Waals surface area contributed by atoms with Gasteiger partial charge in [-0.3, -0.25) is 4.79 Å². The van der Waals surface area contributed by atoms with Gasteiger partial charge in [0.25, 0.3) is 0 Å². The van der Waals surface area contributed by atoms with Gasteiger partial charge >= 0.3 is 6.03 Å². The highest BCUT2D eigenvalue weighted by Crippen LogP contribution is 2.24. The van der Waals surface area contributed by atoms with Crippen molar-refractivity contribution in [2.24, 2.45) is 11.7 Å². The number of benzene rings is 1. The summed E-state index contributed by atoms with van der Waals surface area (Å²) in [6.45, 7) is 1.93. The lowest BCUT2D eigenvalue weighted by molar-refractivity contribution is -0.126. The fourth-order valence-corrected chi connectivity index (χ4v) is 2.66. The van der Waals surface area contributed by atoms with Gasteiger partial charge in [0.15, 0.2) is 0 Å². The van der Waals surface area contributed by atoms with Crippen LogP contribution in [0.3, 0.4) is 0 Å². The molecule has 0 aromatic heterocycles. The molecule has 1 heterocycles. The Kier molecular flexibility index (Phi) is 6.22. The number of methoxy groups -OCH3 is 1. The molecule has 1 aliphatic rings. The first-order valence-electron chi connectivity index (χ1n) is 7.82. The quantitative estimate of drug-likeness (QED) is 0.754. The maximum atomic E-state index is 12.4. The summed E-state index contributed by atoms with van der Waals surface area (Å²) in [5.74, 6) is 0.388. The number of carbonyl (C=O) groups excluding carboxylic acids is 2. The highest BCUT2D eigenvalue weighted by atomic mass is 16.5. The Morgan fingerprint density at radius 2 is 2.17 bits per heavy atom. The molecule has 1 saturated heterocycles. The smallest absolute Gasteiger partial charge is 0.321 e. The van der Waals surface area contributed by atoms with E-state index in [2.05, 4.69) is 10.6 Å². The number of urea groups is 1. The van der Waals surface area contributed by atoms with Gasteiger partial charge in [0.05, 0.1) is 18.7 Å². The maximum absolute atomic E-state index is 12.4. The molecule has 1 fully saturated rings. The molecule has 1 unspecified atom stereocenters. The first kappa shape index (κ1) is 17.1. The molecule has 7 heteroatoms. The normalized spacial score (nSPS) is 17.5. The van der Waals surface area contributed by atoms with Crippen molar-refractivity contribution < 1.29 is 14.3 Å². The van der Waals surface area contributed by atoms with Crippen LogP contribution in [-0.4, -0.2) is 50.1 Å². The largest absolute Gasteiger partial charge is 0.495 e. The molecule has 1 aromatic rings.